The number of benzene rings is 3. The van der Waals surface area contributed by atoms with Crippen LogP contribution in [0.1, 0.15) is 11.1 Å². The van der Waals surface area contributed by atoms with Crippen molar-refractivity contribution in [3.63, 3.8) is 0 Å². The predicted molar refractivity (Wildman–Crippen MR) is 122 cm³/mol. The first-order valence-corrected chi connectivity index (χ1v) is 10.7. The minimum atomic E-state index is -1.18. The van der Waals surface area contributed by atoms with Gasteiger partial charge in [0, 0.05) is 17.0 Å². The summed E-state index contributed by atoms with van der Waals surface area (Å²) in [6.07, 6.45) is 0. The number of nitrogens with two attached hydrogens (primary N) is 1. The lowest BCUT2D eigenvalue weighted by Crippen LogP contribution is -2.28. The molecule has 0 saturated heterocycles. The Labute approximate surface area is 198 Å². The topological polar surface area (TPSA) is 117 Å². The van der Waals surface area contributed by atoms with Gasteiger partial charge < -0.3 is 15.6 Å². The Balaban J connectivity index is 1.96. The van der Waals surface area contributed by atoms with E-state index < -0.39 is 24.3 Å². The van der Waals surface area contributed by atoms with Gasteiger partial charge in [-0.1, -0.05) is 6.07 Å². The maximum absolute atomic E-state index is 14.1. The van der Waals surface area contributed by atoms with E-state index in [2.05, 4.69) is 0 Å². The normalized spacial score (nSPS) is 10.6. The van der Waals surface area contributed by atoms with Crippen LogP contribution in [0.25, 0.3) is 11.1 Å². The molecule has 174 valence electrons. The molecule has 0 aliphatic carbocycles. The van der Waals surface area contributed by atoms with Crippen molar-refractivity contribution in [1.82, 2.24) is 4.31 Å². The highest BCUT2D eigenvalue weighted by molar-refractivity contribution is 7.97. The molecule has 3 rings (SSSR count). The largest absolute Gasteiger partial charge is 0.481 e. The molecule has 0 atom stereocenters. The Hall–Kier alpha value is -3.94. The molecule has 0 spiro atoms. The molecule has 0 bridgehead atoms. The van der Waals surface area contributed by atoms with E-state index in [1.54, 1.807) is 28.6 Å². The summed E-state index contributed by atoms with van der Waals surface area (Å²) in [5.74, 6) is -2.59. The van der Waals surface area contributed by atoms with Gasteiger partial charge in [-0.2, -0.15) is 5.26 Å². The molecule has 0 aromatic heterocycles. The molecule has 3 aromatic rings. The minimum absolute atomic E-state index is 0.0896. The number of carbonyl (C=O) groups excluding carboxylic acids is 1. The zero-order valence-corrected chi connectivity index (χ0v) is 18.5. The Bertz CT molecular complexity index is 1250. The summed E-state index contributed by atoms with van der Waals surface area (Å²) in [7, 11) is 0. The van der Waals surface area contributed by atoms with Gasteiger partial charge in [0.25, 0.3) is 0 Å². The van der Waals surface area contributed by atoms with E-state index in [-0.39, 0.29) is 30.2 Å². The van der Waals surface area contributed by atoms with Gasteiger partial charge in [0.1, 0.15) is 17.4 Å². The minimum Gasteiger partial charge on any atom is -0.481 e. The van der Waals surface area contributed by atoms with Crippen molar-refractivity contribution in [3.05, 3.63) is 83.4 Å². The van der Waals surface area contributed by atoms with Gasteiger partial charge in [-0.25, -0.2) is 17.9 Å². The molecule has 7 nitrogen and oxygen atoms in total. The second-order valence-electron chi connectivity index (χ2n) is 7.16. The molecule has 34 heavy (non-hydrogen) atoms. The Morgan fingerprint density at radius 3 is 2.44 bits per heavy atom. The van der Waals surface area contributed by atoms with E-state index in [4.69, 9.17) is 15.6 Å². The second-order valence-corrected chi connectivity index (χ2v) is 8.33. The van der Waals surface area contributed by atoms with Crippen molar-refractivity contribution < 1.29 is 28.2 Å². The lowest BCUT2D eigenvalue weighted by Gasteiger charge is -2.21. The second kappa shape index (κ2) is 11.3. The molecular formula is C24H19F2N3O4S. The van der Waals surface area contributed by atoms with Crippen molar-refractivity contribution in [2.24, 2.45) is 5.73 Å². The predicted octanol–water partition coefficient (Wildman–Crippen LogP) is 3.96. The Morgan fingerprint density at radius 1 is 1.06 bits per heavy atom. The van der Waals surface area contributed by atoms with Crippen LogP contribution in [-0.4, -0.2) is 34.4 Å². The van der Waals surface area contributed by atoms with Crippen LogP contribution in [-0.2, 0) is 16.1 Å². The van der Waals surface area contributed by atoms with Crippen LogP contribution >= 0.6 is 11.9 Å². The maximum atomic E-state index is 14.1. The van der Waals surface area contributed by atoms with Crippen LogP contribution in [0.4, 0.5) is 8.78 Å². The summed E-state index contributed by atoms with van der Waals surface area (Å²) in [4.78, 5) is 23.3. The number of carbonyl (C=O) groups is 2. The number of carboxylic acids is 1. The molecule has 1 amide bonds. The van der Waals surface area contributed by atoms with Gasteiger partial charge in [0.05, 0.1) is 18.2 Å². The number of hydrogen-bond acceptors (Lipinski definition) is 6. The number of ether oxygens (including phenoxy) is 1. The molecule has 0 aliphatic heterocycles. The number of primary amides is 1. The number of carboxylic acid groups (broad SMARTS) is 1. The van der Waals surface area contributed by atoms with E-state index in [9.17, 15) is 23.6 Å². The molecule has 3 N–H and O–H groups in total. The van der Waals surface area contributed by atoms with Gasteiger partial charge in [-0.05, 0) is 77.7 Å². The monoisotopic (exact) mass is 483 g/mol. The van der Waals surface area contributed by atoms with E-state index in [1.807, 2.05) is 6.07 Å². The fourth-order valence-electron chi connectivity index (χ4n) is 3.12. The lowest BCUT2D eigenvalue weighted by molar-refractivity contribution is -0.139. The zero-order chi connectivity index (χ0) is 24.7. The summed E-state index contributed by atoms with van der Waals surface area (Å²) in [5, 5.41) is 18.2. The molecule has 0 aliphatic rings. The van der Waals surface area contributed by atoms with Gasteiger partial charge in [0.15, 0.2) is 6.61 Å². The van der Waals surface area contributed by atoms with Gasteiger partial charge in [-0.3, -0.25) is 4.79 Å². The van der Waals surface area contributed by atoms with Crippen molar-refractivity contribution in [2.45, 2.75) is 11.4 Å². The maximum Gasteiger partial charge on any atom is 0.341 e. The SMILES string of the molecule is N#Cc1cc(F)cc(-c2cc(CN(CC(N)=O)Sc3ccc(F)cc3)ccc2OCC(=O)O)c1. The number of nitrogens with zero attached hydrogens (tertiary/aromatic N) is 2. The van der Waals surface area contributed by atoms with Crippen LogP contribution in [0.2, 0.25) is 0 Å². The number of hydrogen-bond donors (Lipinski definition) is 2. The number of nitriles is 1. The molecule has 0 unspecified atom stereocenters. The molecular weight excluding hydrogens is 464 g/mol. The van der Waals surface area contributed by atoms with Crippen molar-refractivity contribution in [3.8, 4) is 22.9 Å². The molecule has 0 heterocycles. The first-order chi connectivity index (χ1) is 16.2. The quantitative estimate of drug-likeness (QED) is 0.419. The highest BCUT2D eigenvalue weighted by Gasteiger charge is 2.16. The first kappa shape index (κ1) is 24.7. The number of halogens is 2. The first-order valence-electron chi connectivity index (χ1n) is 9.89. The fourth-order valence-corrected chi connectivity index (χ4v) is 4.08. The van der Waals surface area contributed by atoms with E-state index in [0.29, 0.717) is 21.6 Å². The van der Waals surface area contributed by atoms with E-state index in [1.165, 1.54) is 42.3 Å². The van der Waals surface area contributed by atoms with Gasteiger partial charge >= 0.3 is 5.97 Å². The summed E-state index contributed by atoms with van der Waals surface area (Å²) < 4.78 is 34.4. The van der Waals surface area contributed by atoms with Crippen LogP contribution in [0, 0.1) is 23.0 Å². The van der Waals surface area contributed by atoms with E-state index >= 15 is 0 Å². The van der Waals surface area contributed by atoms with Crippen LogP contribution < -0.4 is 10.5 Å². The van der Waals surface area contributed by atoms with Crippen LogP contribution in [0.15, 0.2) is 65.6 Å². The number of rotatable bonds is 10. The Morgan fingerprint density at radius 2 is 1.79 bits per heavy atom. The number of aliphatic carboxylic acids is 1. The van der Waals surface area contributed by atoms with Crippen LogP contribution in [0.3, 0.4) is 0 Å². The fraction of sp³-hybridized carbons (Fsp3) is 0.125. The molecule has 10 heteroatoms. The van der Waals surface area contributed by atoms with E-state index in [0.717, 1.165) is 6.07 Å². The molecule has 0 radical (unpaired) electrons. The third-order valence-electron chi connectivity index (χ3n) is 4.47. The van der Waals surface area contributed by atoms with Crippen molar-refractivity contribution >= 4 is 23.8 Å². The highest BCUT2D eigenvalue weighted by Crippen LogP contribution is 2.34. The molecule has 3 aromatic carbocycles. The van der Waals surface area contributed by atoms with Crippen molar-refractivity contribution in [1.29, 1.82) is 5.26 Å². The number of amides is 1. The molecule has 0 fully saturated rings. The third-order valence-corrected chi connectivity index (χ3v) is 5.47. The van der Waals surface area contributed by atoms with Gasteiger partial charge in [0.2, 0.25) is 5.91 Å². The Kier molecular flexibility index (Phi) is 8.19. The zero-order valence-electron chi connectivity index (χ0n) is 17.7. The average Bonchev–Trinajstić information content (AvgIpc) is 2.78. The summed E-state index contributed by atoms with van der Waals surface area (Å²) in [6.45, 7) is -0.494. The summed E-state index contributed by atoms with van der Waals surface area (Å²) in [6, 6.07) is 16.2. The summed E-state index contributed by atoms with van der Waals surface area (Å²) in [5.41, 5.74) is 6.85. The van der Waals surface area contributed by atoms with Crippen molar-refractivity contribution in [2.75, 3.05) is 13.2 Å². The lowest BCUT2D eigenvalue weighted by atomic mass is 9.99. The average molecular weight is 483 g/mol. The smallest absolute Gasteiger partial charge is 0.341 e. The summed E-state index contributed by atoms with van der Waals surface area (Å²) >= 11 is 1.20. The highest BCUT2D eigenvalue weighted by atomic mass is 32.2. The van der Waals surface area contributed by atoms with Gasteiger partial charge in [-0.15, -0.1) is 0 Å². The third kappa shape index (κ3) is 7.03. The van der Waals surface area contributed by atoms with Crippen LogP contribution in [0.5, 0.6) is 5.75 Å². The molecule has 0 saturated carbocycles. The standard InChI is InChI=1S/C24H19F2N3O4S/c25-18-2-4-20(5-3-18)34-29(13-23(28)30)12-15-1-6-22(33-14-24(31)32)21(9-15)17-7-16(11-27)8-19(26)10-17/h1-10H,12-14H2,(H2,28,30)(H,31,32).